The summed E-state index contributed by atoms with van der Waals surface area (Å²) in [6.07, 6.45) is 0. The van der Waals surface area contributed by atoms with Crippen molar-refractivity contribution >= 4 is 5.91 Å². The van der Waals surface area contributed by atoms with Crippen molar-refractivity contribution in [1.82, 2.24) is 5.32 Å². The second-order valence-electron chi connectivity index (χ2n) is 6.44. The molecular formula is C16H26N2O. The molecule has 1 aromatic rings. The van der Waals surface area contributed by atoms with E-state index in [0.717, 1.165) is 0 Å². The summed E-state index contributed by atoms with van der Waals surface area (Å²) in [4.78, 5) is 11.3. The standard InChI is InChI=1S/C16H26N2O/c1-12(18-11-15(2,3)14(17)19)16(4,5)13-9-7-6-8-10-13/h6-10,12,18H,11H2,1-5H3,(H2,17,19). The van der Waals surface area contributed by atoms with Crippen molar-refractivity contribution in [2.75, 3.05) is 6.54 Å². The molecule has 0 heterocycles. The average molecular weight is 262 g/mol. The van der Waals surface area contributed by atoms with E-state index in [2.05, 4.69) is 50.4 Å². The number of nitrogens with one attached hydrogen (secondary N) is 1. The highest BCUT2D eigenvalue weighted by atomic mass is 16.1. The molecule has 0 aliphatic carbocycles. The zero-order valence-corrected chi connectivity index (χ0v) is 12.7. The molecule has 0 saturated heterocycles. The summed E-state index contributed by atoms with van der Waals surface area (Å²) in [7, 11) is 0. The summed E-state index contributed by atoms with van der Waals surface area (Å²) < 4.78 is 0. The minimum Gasteiger partial charge on any atom is -0.369 e. The number of carbonyl (C=O) groups excluding carboxylic acids is 1. The fourth-order valence-corrected chi connectivity index (χ4v) is 1.87. The molecule has 0 radical (unpaired) electrons. The monoisotopic (exact) mass is 262 g/mol. The van der Waals surface area contributed by atoms with Crippen LogP contribution in [0.15, 0.2) is 30.3 Å². The average Bonchev–Trinajstić information content (AvgIpc) is 2.36. The SMILES string of the molecule is CC(NCC(C)(C)C(N)=O)C(C)(C)c1ccccc1. The van der Waals surface area contributed by atoms with Crippen LogP contribution in [0.25, 0.3) is 0 Å². The van der Waals surface area contributed by atoms with E-state index in [0.29, 0.717) is 6.54 Å². The maximum atomic E-state index is 11.3. The number of amides is 1. The normalized spacial score (nSPS) is 14.2. The van der Waals surface area contributed by atoms with Crippen molar-refractivity contribution in [1.29, 1.82) is 0 Å². The molecule has 3 heteroatoms. The number of nitrogens with two attached hydrogens (primary N) is 1. The van der Waals surface area contributed by atoms with Gasteiger partial charge in [0.2, 0.25) is 5.91 Å². The first kappa shape index (κ1) is 15.7. The predicted molar refractivity (Wildman–Crippen MR) is 79.9 cm³/mol. The van der Waals surface area contributed by atoms with Crippen molar-refractivity contribution in [3.05, 3.63) is 35.9 Å². The smallest absolute Gasteiger partial charge is 0.224 e. The maximum absolute atomic E-state index is 11.3. The van der Waals surface area contributed by atoms with E-state index in [-0.39, 0.29) is 17.4 Å². The van der Waals surface area contributed by atoms with Crippen molar-refractivity contribution in [2.45, 2.75) is 46.1 Å². The van der Waals surface area contributed by atoms with E-state index in [4.69, 9.17) is 5.73 Å². The maximum Gasteiger partial charge on any atom is 0.224 e. The third-order valence-electron chi connectivity index (χ3n) is 4.12. The minimum absolute atomic E-state index is 0.00497. The van der Waals surface area contributed by atoms with Crippen LogP contribution in [0.4, 0.5) is 0 Å². The van der Waals surface area contributed by atoms with Crippen LogP contribution < -0.4 is 11.1 Å². The lowest BCUT2D eigenvalue weighted by Gasteiger charge is -2.35. The summed E-state index contributed by atoms with van der Waals surface area (Å²) in [5.74, 6) is -0.273. The van der Waals surface area contributed by atoms with Gasteiger partial charge in [0.05, 0.1) is 5.41 Å². The molecule has 19 heavy (non-hydrogen) atoms. The third-order valence-corrected chi connectivity index (χ3v) is 4.12. The predicted octanol–water partition coefficient (Wildman–Crippen LogP) is 2.45. The molecule has 0 spiro atoms. The van der Waals surface area contributed by atoms with E-state index < -0.39 is 5.41 Å². The van der Waals surface area contributed by atoms with Crippen LogP contribution in [-0.2, 0) is 10.2 Å². The molecule has 1 unspecified atom stereocenters. The van der Waals surface area contributed by atoms with Gasteiger partial charge in [-0.25, -0.2) is 0 Å². The molecule has 1 amide bonds. The molecule has 0 bridgehead atoms. The first-order chi connectivity index (χ1) is 8.68. The van der Waals surface area contributed by atoms with Gasteiger partial charge in [0, 0.05) is 18.0 Å². The van der Waals surface area contributed by atoms with Gasteiger partial charge in [-0.05, 0) is 26.3 Å². The van der Waals surface area contributed by atoms with Gasteiger partial charge in [0.15, 0.2) is 0 Å². The van der Waals surface area contributed by atoms with Gasteiger partial charge in [-0.15, -0.1) is 0 Å². The summed E-state index contributed by atoms with van der Waals surface area (Å²) in [5, 5.41) is 3.44. The molecule has 106 valence electrons. The second kappa shape index (κ2) is 5.74. The van der Waals surface area contributed by atoms with E-state index >= 15 is 0 Å². The van der Waals surface area contributed by atoms with Crippen LogP contribution in [0.1, 0.15) is 40.2 Å². The summed E-state index contributed by atoms with van der Waals surface area (Å²) in [6.45, 7) is 10.9. The fourth-order valence-electron chi connectivity index (χ4n) is 1.87. The number of hydrogen-bond acceptors (Lipinski definition) is 2. The zero-order chi connectivity index (χ0) is 14.7. The zero-order valence-electron chi connectivity index (χ0n) is 12.7. The van der Waals surface area contributed by atoms with Crippen molar-refractivity contribution in [3.63, 3.8) is 0 Å². The molecule has 3 nitrogen and oxygen atoms in total. The van der Waals surface area contributed by atoms with Crippen molar-refractivity contribution in [3.8, 4) is 0 Å². The topological polar surface area (TPSA) is 55.1 Å². The molecule has 1 atom stereocenters. The molecule has 0 aliphatic heterocycles. The van der Waals surface area contributed by atoms with Crippen LogP contribution in [0, 0.1) is 5.41 Å². The first-order valence-electron chi connectivity index (χ1n) is 6.77. The number of hydrogen-bond donors (Lipinski definition) is 2. The minimum atomic E-state index is -0.527. The Balaban J connectivity index is 2.73. The highest BCUT2D eigenvalue weighted by Crippen LogP contribution is 2.27. The van der Waals surface area contributed by atoms with E-state index in [1.165, 1.54) is 5.56 Å². The van der Waals surface area contributed by atoms with E-state index in [1.54, 1.807) is 0 Å². The molecule has 0 saturated carbocycles. The van der Waals surface area contributed by atoms with Crippen molar-refractivity contribution < 1.29 is 4.79 Å². The van der Waals surface area contributed by atoms with Gasteiger partial charge in [0.1, 0.15) is 0 Å². The Bertz CT molecular complexity index is 424. The second-order valence-corrected chi connectivity index (χ2v) is 6.44. The molecule has 0 fully saturated rings. The summed E-state index contributed by atoms with van der Waals surface area (Å²) in [5.41, 5.74) is 6.15. The lowest BCUT2D eigenvalue weighted by atomic mass is 9.78. The highest BCUT2D eigenvalue weighted by molar-refractivity contribution is 5.80. The molecule has 3 N–H and O–H groups in total. The largest absolute Gasteiger partial charge is 0.369 e. The van der Waals surface area contributed by atoms with Gasteiger partial charge in [-0.2, -0.15) is 0 Å². The lowest BCUT2D eigenvalue weighted by Crippen LogP contribution is -2.49. The highest BCUT2D eigenvalue weighted by Gasteiger charge is 2.31. The van der Waals surface area contributed by atoms with Crippen LogP contribution >= 0.6 is 0 Å². The number of benzene rings is 1. The van der Waals surface area contributed by atoms with E-state index in [1.807, 2.05) is 19.9 Å². The first-order valence-corrected chi connectivity index (χ1v) is 6.77. The van der Waals surface area contributed by atoms with Crippen molar-refractivity contribution in [2.24, 2.45) is 11.1 Å². The molecule has 0 aromatic heterocycles. The third kappa shape index (κ3) is 3.80. The Morgan fingerprint density at radius 2 is 1.74 bits per heavy atom. The van der Waals surface area contributed by atoms with Crippen LogP contribution in [0.5, 0.6) is 0 Å². The Hall–Kier alpha value is -1.35. The Morgan fingerprint density at radius 1 is 1.21 bits per heavy atom. The Kier molecular flexibility index (Phi) is 4.75. The van der Waals surface area contributed by atoms with Gasteiger partial charge in [0.25, 0.3) is 0 Å². The number of rotatable bonds is 6. The fraction of sp³-hybridized carbons (Fsp3) is 0.562. The van der Waals surface area contributed by atoms with Gasteiger partial charge in [-0.3, -0.25) is 4.79 Å². The lowest BCUT2D eigenvalue weighted by molar-refractivity contribution is -0.125. The molecule has 1 rings (SSSR count). The molecule has 0 aliphatic rings. The summed E-state index contributed by atoms with van der Waals surface area (Å²) >= 11 is 0. The van der Waals surface area contributed by atoms with Crippen LogP contribution in [-0.4, -0.2) is 18.5 Å². The Morgan fingerprint density at radius 3 is 2.21 bits per heavy atom. The molecule has 1 aromatic carbocycles. The van der Waals surface area contributed by atoms with Crippen LogP contribution in [0.2, 0.25) is 0 Å². The van der Waals surface area contributed by atoms with Gasteiger partial charge >= 0.3 is 0 Å². The quantitative estimate of drug-likeness (QED) is 0.827. The summed E-state index contributed by atoms with van der Waals surface area (Å²) in [6, 6.07) is 10.6. The molecular weight excluding hydrogens is 236 g/mol. The van der Waals surface area contributed by atoms with Gasteiger partial charge < -0.3 is 11.1 Å². The number of primary amides is 1. The van der Waals surface area contributed by atoms with E-state index in [9.17, 15) is 4.79 Å². The Labute approximate surface area is 116 Å². The van der Waals surface area contributed by atoms with Crippen LogP contribution in [0.3, 0.4) is 0 Å². The van der Waals surface area contributed by atoms with Gasteiger partial charge in [-0.1, -0.05) is 44.2 Å². The number of carbonyl (C=O) groups is 1.